The lowest BCUT2D eigenvalue weighted by molar-refractivity contribution is -0.122. The molecule has 1 aliphatic heterocycles. The van der Waals surface area contributed by atoms with Gasteiger partial charge in [-0.1, -0.05) is 18.5 Å². The molecule has 6 heteroatoms. The van der Waals surface area contributed by atoms with Crippen molar-refractivity contribution in [2.24, 2.45) is 11.7 Å². The van der Waals surface area contributed by atoms with Gasteiger partial charge < -0.3 is 10.6 Å². The number of halogens is 1. The third kappa shape index (κ3) is 3.56. The molecule has 1 unspecified atom stereocenters. The number of carbonyl (C=O) groups is 1. The van der Waals surface area contributed by atoms with Gasteiger partial charge in [-0.05, 0) is 19.3 Å². The van der Waals surface area contributed by atoms with Crippen molar-refractivity contribution in [2.75, 3.05) is 18.0 Å². The van der Waals surface area contributed by atoms with E-state index in [-0.39, 0.29) is 11.8 Å². The number of hydrogen-bond donors (Lipinski definition) is 1. The molecular weight excluding hydrogens is 264 g/mol. The highest BCUT2D eigenvalue weighted by atomic mass is 35.5. The van der Waals surface area contributed by atoms with Crippen LogP contribution in [0.4, 0.5) is 5.82 Å². The van der Waals surface area contributed by atoms with E-state index in [1.165, 1.54) is 0 Å². The SMILES string of the molecule is CCCc1nc(Cl)cc(N2CCCC(C(N)=O)C2)n1. The molecule has 0 saturated carbocycles. The van der Waals surface area contributed by atoms with Gasteiger partial charge in [-0.25, -0.2) is 9.97 Å². The first-order valence-corrected chi connectivity index (χ1v) is 7.05. The number of rotatable bonds is 4. The third-order valence-corrected chi connectivity index (χ3v) is 3.54. The minimum atomic E-state index is -0.237. The second-order valence-electron chi connectivity index (χ2n) is 4.90. The zero-order valence-corrected chi connectivity index (χ0v) is 11.9. The third-order valence-electron chi connectivity index (χ3n) is 3.35. The average Bonchev–Trinajstić information content (AvgIpc) is 2.38. The van der Waals surface area contributed by atoms with Crippen LogP contribution in [0.5, 0.6) is 0 Å². The molecule has 0 aliphatic carbocycles. The number of piperidine rings is 1. The zero-order chi connectivity index (χ0) is 13.8. The van der Waals surface area contributed by atoms with Crippen LogP contribution in [0.3, 0.4) is 0 Å². The molecule has 1 fully saturated rings. The molecular formula is C13H19ClN4O. The Bertz CT molecular complexity index is 466. The number of primary amides is 1. The van der Waals surface area contributed by atoms with Crippen molar-refractivity contribution in [3.8, 4) is 0 Å². The van der Waals surface area contributed by atoms with Crippen LogP contribution in [0.1, 0.15) is 32.0 Å². The number of carbonyl (C=O) groups excluding carboxylic acids is 1. The van der Waals surface area contributed by atoms with Crippen molar-refractivity contribution in [3.05, 3.63) is 17.0 Å². The van der Waals surface area contributed by atoms with Gasteiger partial charge in [0.1, 0.15) is 16.8 Å². The summed E-state index contributed by atoms with van der Waals surface area (Å²) in [6.45, 7) is 3.57. The van der Waals surface area contributed by atoms with Crippen molar-refractivity contribution in [3.63, 3.8) is 0 Å². The van der Waals surface area contributed by atoms with Crippen LogP contribution in [-0.4, -0.2) is 29.0 Å². The van der Waals surface area contributed by atoms with Gasteiger partial charge in [-0.2, -0.15) is 0 Å². The average molecular weight is 283 g/mol. The summed E-state index contributed by atoms with van der Waals surface area (Å²) in [6.07, 6.45) is 3.58. The number of aromatic nitrogens is 2. The predicted octanol–water partition coefficient (Wildman–Crippen LogP) is 1.78. The van der Waals surface area contributed by atoms with Crippen LogP contribution in [0.25, 0.3) is 0 Å². The molecule has 0 aromatic carbocycles. The van der Waals surface area contributed by atoms with E-state index in [4.69, 9.17) is 17.3 Å². The molecule has 2 N–H and O–H groups in total. The number of anilines is 1. The van der Waals surface area contributed by atoms with Crippen molar-refractivity contribution in [1.29, 1.82) is 0 Å². The Morgan fingerprint density at radius 2 is 2.37 bits per heavy atom. The number of nitrogens with zero attached hydrogens (tertiary/aromatic N) is 3. The molecule has 0 spiro atoms. The summed E-state index contributed by atoms with van der Waals surface area (Å²) in [5.41, 5.74) is 5.39. The minimum absolute atomic E-state index is 0.0999. The maximum Gasteiger partial charge on any atom is 0.222 e. The summed E-state index contributed by atoms with van der Waals surface area (Å²) in [7, 11) is 0. The molecule has 19 heavy (non-hydrogen) atoms. The van der Waals surface area contributed by atoms with Gasteiger partial charge in [0, 0.05) is 25.6 Å². The topological polar surface area (TPSA) is 72.1 Å². The van der Waals surface area contributed by atoms with Gasteiger partial charge in [0.05, 0.1) is 5.92 Å². The van der Waals surface area contributed by atoms with Crippen LogP contribution in [-0.2, 0) is 11.2 Å². The second kappa shape index (κ2) is 6.19. The highest BCUT2D eigenvalue weighted by Crippen LogP contribution is 2.23. The maximum absolute atomic E-state index is 11.3. The monoisotopic (exact) mass is 282 g/mol. The molecule has 1 aromatic heterocycles. The van der Waals surface area contributed by atoms with E-state index in [2.05, 4.69) is 21.8 Å². The molecule has 1 aliphatic rings. The largest absolute Gasteiger partial charge is 0.369 e. The Hall–Kier alpha value is -1.36. The molecule has 104 valence electrons. The van der Waals surface area contributed by atoms with E-state index < -0.39 is 0 Å². The van der Waals surface area contributed by atoms with Gasteiger partial charge in [0.2, 0.25) is 5.91 Å². The lowest BCUT2D eigenvalue weighted by atomic mass is 9.97. The van der Waals surface area contributed by atoms with Gasteiger partial charge >= 0.3 is 0 Å². The van der Waals surface area contributed by atoms with E-state index in [1.807, 2.05) is 0 Å². The molecule has 1 amide bonds. The first-order valence-electron chi connectivity index (χ1n) is 6.68. The standard InChI is InChI=1S/C13H19ClN4O/c1-2-4-11-16-10(14)7-12(17-11)18-6-3-5-9(8-18)13(15)19/h7,9H,2-6,8H2,1H3,(H2,15,19). The maximum atomic E-state index is 11.3. The lowest BCUT2D eigenvalue weighted by Crippen LogP contribution is -2.41. The molecule has 5 nitrogen and oxygen atoms in total. The smallest absolute Gasteiger partial charge is 0.222 e. The first-order chi connectivity index (χ1) is 9.10. The van der Waals surface area contributed by atoms with Crippen LogP contribution >= 0.6 is 11.6 Å². The normalized spacial score (nSPS) is 19.5. The minimum Gasteiger partial charge on any atom is -0.369 e. The van der Waals surface area contributed by atoms with Crippen molar-refractivity contribution >= 4 is 23.3 Å². The Kier molecular flexibility index (Phi) is 4.58. The fourth-order valence-electron chi connectivity index (χ4n) is 2.37. The quantitative estimate of drug-likeness (QED) is 0.855. The van der Waals surface area contributed by atoms with Crippen molar-refractivity contribution in [2.45, 2.75) is 32.6 Å². The van der Waals surface area contributed by atoms with E-state index >= 15 is 0 Å². The van der Waals surface area contributed by atoms with Crippen molar-refractivity contribution in [1.82, 2.24) is 9.97 Å². The Morgan fingerprint density at radius 3 is 3.05 bits per heavy atom. The zero-order valence-electron chi connectivity index (χ0n) is 11.1. The molecule has 1 aromatic rings. The van der Waals surface area contributed by atoms with E-state index in [9.17, 15) is 4.79 Å². The van der Waals surface area contributed by atoms with Crippen LogP contribution < -0.4 is 10.6 Å². The summed E-state index contributed by atoms with van der Waals surface area (Å²) >= 11 is 6.03. The fourth-order valence-corrected chi connectivity index (χ4v) is 2.56. The van der Waals surface area contributed by atoms with Gasteiger partial charge in [-0.15, -0.1) is 0 Å². The highest BCUT2D eigenvalue weighted by molar-refractivity contribution is 6.29. The summed E-state index contributed by atoms with van der Waals surface area (Å²) in [5, 5.41) is 0.453. The second-order valence-corrected chi connectivity index (χ2v) is 5.29. The van der Waals surface area contributed by atoms with E-state index in [1.54, 1.807) is 6.07 Å². The summed E-state index contributed by atoms with van der Waals surface area (Å²) in [6, 6.07) is 1.75. The predicted molar refractivity (Wildman–Crippen MR) is 75.2 cm³/mol. The molecule has 1 atom stereocenters. The molecule has 1 saturated heterocycles. The van der Waals surface area contributed by atoms with E-state index in [0.717, 1.165) is 43.9 Å². The number of nitrogens with two attached hydrogens (primary N) is 1. The fraction of sp³-hybridized carbons (Fsp3) is 0.615. The number of amides is 1. The first kappa shape index (κ1) is 14.1. The molecule has 2 heterocycles. The van der Waals surface area contributed by atoms with Gasteiger partial charge in [-0.3, -0.25) is 4.79 Å². The summed E-state index contributed by atoms with van der Waals surface area (Å²) in [5.74, 6) is 1.22. The van der Waals surface area contributed by atoms with Crippen molar-refractivity contribution < 1.29 is 4.79 Å². The van der Waals surface area contributed by atoms with Gasteiger partial charge in [0.15, 0.2) is 0 Å². The lowest BCUT2D eigenvalue weighted by Gasteiger charge is -2.32. The number of hydrogen-bond acceptors (Lipinski definition) is 4. The number of aryl methyl sites for hydroxylation is 1. The summed E-state index contributed by atoms with van der Waals surface area (Å²) < 4.78 is 0. The summed E-state index contributed by atoms with van der Waals surface area (Å²) in [4.78, 5) is 22.1. The molecule has 2 rings (SSSR count). The molecule has 0 radical (unpaired) electrons. The van der Waals surface area contributed by atoms with Gasteiger partial charge in [0.25, 0.3) is 0 Å². The Morgan fingerprint density at radius 1 is 1.58 bits per heavy atom. The Labute approximate surface area is 118 Å². The van der Waals surface area contributed by atoms with Crippen LogP contribution in [0, 0.1) is 5.92 Å². The van der Waals surface area contributed by atoms with Crippen LogP contribution in [0.15, 0.2) is 6.07 Å². The highest BCUT2D eigenvalue weighted by Gasteiger charge is 2.25. The Balaban J connectivity index is 2.18. The van der Waals surface area contributed by atoms with E-state index in [0.29, 0.717) is 11.7 Å². The van der Waals surface area contributed by atoms with Crippen LogP contribution in [0.2, 0.25) is 5.15 Å². The molecule has 0 bridgehead atoms.